The van der Waals surface area contributed by atoms with Gasteiger partial charge in [-0.05, 0) is 24.3 Å². The lowest BCUT2D eigenvalue weighted by molar-refractivity contribution is 0.0954. The summed E-state index contributed by atoms with van der Waals surface area (Å²) in [7, 11) is 6.92. The number of hydrogen-bond donors (Lipinski definition) is 2. The number of carbonyl (C=O) groups excluding carboxylic acids is 1. The summed E-state index contributed by atoms with van der Waals surface area (Å²) in [5.74, 6) is 2.07. The van der Waals surface area contributed by atoms with Gasteiger partial charge >= 0.3 is 0 Å². The van der Waals surface area contributed by atoms with Crippen molar-refractivity contribution < 1.29 is 14.3 Å². The van der Waals surface area contributed by atoms with E-state index in [2.05, 4.69) is 20.6 Å². The fourth-order valence-corrected chi connectivity index (χ4v) is 2.65. The van der Waals surface area contributed by atoms with E-state index in [0.717, 1.165) is 17.1 Å². The number of nitrogens with one attached hydrogen (secondary N) is 2. The third kappa shape index (κ3) is 7.41. The van der Waals surface area contributed by atoms with Gasteiger partial charge in [0.2, 0.25) is 0 Å². The Labute approximate surface area is 188 Å². The Morgan fingerprint density at radius 2 is 1.93 bits per heavy atom. The molecular formula is C20H28IN5O3. The molecule has 1 aromatic heterocycles. The summed E-state index contributed by atoms with van der Waals surface area (Å²) in [6, 6.07) is 9.18. The lowest BCUT2D eigenvalue weighted by Crippen LogP contribution is -2.42. The molecule has 0 aliphatic carbocycles. The minimum Gasteiger partial charge on any atom is -0.497 e. The highest BCUT2D eigenvalue weighted by Crippen LogP contribution is 2.25. The number of benzene rings is 1. The van der Waals surface area contributed by atoms with Crippen LogP contribution in [0, 0.1) is 0 Å². The molecular weight excluding hydrogens is 485 g/mol. The van der Waals surface area contributed by atoms with Crippen LogP contribution in [0.1, 0.15) is 15.9 Å². The molecule has 1 aromatic carbocycles. The molecule has 2 rings (SSSR count). The van der Waals surface area contributed by atoms with Gasteiger partial charge < -0.3 is 25.0 Å². The van der Waals surface area contributed by atoms with Crippen LogP contribution in [0.5, 0.6) is 11.5 Å². The average Bonchev–Trinajstić information content (AvgIpc) is 2.74. The smallest absolute Gasteiger partial charge is 0.252 e. The zero-order valence-electron chi connectivity index (χ0n) is 17.1. The van der Waals surface area contributed by atoms with Gasteiger partial charge in [-0.3, -0.25) is 14.8 Å². The molecule has 0 spiro atoms. The summed E-state index contributed by atoms with van der Waals surface area (Å²) < 4.78 is 10.7. The Hall–Kier alpha value is -2.56. The van der Waals surface area contributed by atoms with Crippen LogP contribution in [0.3, 0.4) is 0 Å². The zero-order chi connectivity index (χ0) is 20.4. The van der Waals surface area contributed by atoms with Crippen LogP contribution in [0.2, 0.25) is 0 Å². The van der Waals surface area contributed by atoms with Crippen LogP contribution in [0.4, 0.5) is 0 Å². The van der Waals surface area contributed by atoms with E-state index in [0.29, 0.717) is 31.2 Å². The number of methoxy groups -OCH3 is 2. The zero-order valence-corrected chi connectivity index (χ0v) is 19.5. The van der Waals surface area contributed by atoms with Gasteiger partial charge in [0.25, 0.3) is 5.91 Å². The van der Waals surface area contributed by atoms with Crippen LogP contribution >= 0.6 is 24.0 Å². The maximum absolute atomic E-state index is 12.0. The highest BCUT2D eigenvalue weighted by molar-refractivity contribution is 14.0. The predicted octanol–water partition coefficient (Wildman–Crippen LogP) is 2.15. The third-order valence-corrected chi connectivity index (χ3v) is 4.09. The SMILES string of the molecule is CN=C(NCCNC(=O)c1cccnc1)N(C)Cc1ccc(OC)cc1OC.I. The lowest BCUT2D eigenvalue weighted by atomic mass is 10.2. The molecule has 0 unspecified atom stereocenters. The van der Waals surface area contributed by atoms with Crippen molar-refractivity contribution in [3.63, 3.8) is 0 Å². The number of pyridine rings is 1. The average molecular weight is 513 g/mol. The minimum atomic E-state index is -0.152. The second kappa shape index (κ2) is 12.8. The van der Waals surface area contributed by atoms with E-state index in [1.165, 1.54) is 6.20 Å². The van der Waals surface area contributed by atoms with Gasteiger partial charge in [0.15, 0.2) is 5.96 Å². The first kappa shape index (κ1) is 24.5. The third-order valence-electron chi connectivity index (χ3n) is 4.09. The topological polar surface area (TPSA) is 88.1 Å². The van der Waals surface area contributed by atoms with E-state index in [4.69, 9.17) is 9.47 Å². The number of halogens is 1. The molecule has 0 aliphatic rings. The van der Waals surface area contributed by atoms with Crippen molar-refractivity contribution >= 4 is 35.8 Å². The maximum atomic E-state index is 12.0. The molecule has 158 valence electrons. The number of rotatable bonds is 8. The monoisotopic (exact) mass is 513 g/mol. The summed E-state index contributed by atoms with van der Waals surface area (Å²) >= 11 is 0. The molecule has 1 heterocycles. The van der Waals surface area contributed by atoms with Gasteiger partial charge in [-0.2, -0.15) is 0 Å². The van der Waals surface area contributed by atoms with E-state index in [1.54, 1.807) is 39.6 Å². The van der Waals surface area contributed by atoms with Crippen LogP contribution in [-0.4, -0.2) is 63.2 Å². The molecule has 0 saturated carbocycles. The molecule has 1 amide bonds. The first-order valence-electron chi connectivity index (χ1n) is 8.90. The number of hydrogen-bond acceptors (Lipinski definition) is 5. The van der Waals surface area contributed by atoms with Crippen LogP contribution in [0.15, 0.2) is 47.7 Å². The Balaban J connectivity index is 0.00000420. The van der Waals surface area contributed by atoms with Gasteiger partial charge in [-0.25, -0.2) is 0 Å². The number of aromatic nitrogens is 1. The van der Waals surface area contributed by atoms with Gasteiger partial charge in [0.1, 0.15) is 11.5 Å². The fourth-order valence-electron chi connectivity index (χ4n) is 2.65. The molecule has 0 atom stereocenters. The van der Waals surface area contributed by atoms with E-state index in [9.17, 15) is 4.79 Å². The molecule has 0 saturated heterocycles. The van der Waals surface area contributed by atoms with Crippen LogP contribution in [0.25, 0.3) is 0 Å². The Morgan fingerprint density at radius 3 is 2.55 bits per heavy atom. The van der Waals surface area contributed by atoms with Gasteiger partial charge in [-0.1, -0.05) is 0 Å². The van der Waals surface area contributed by atoms with E-state index < -0.39 is 0 Å². The Kier molecular flexibility index (Phi) is 10.8. The lowest BCUT2D eigenvalue weighted by Gasteiger charge is -2.23. The van der Waals surface area contributed by atoms with Crippen LogP contribution in [-0.2, 0) is 6.54 Å². The summed E-state index contributed by atoms with van der Waals surface area (Å²) in [5.41, 5.74) is 1.55. The molecule has 2 aromatic rings. The summed E-state index contributed by atoms with van der Waals surface area (Å²) in [6.07, 6.45) is 3.17. The van der Waals surface area contributed by atoms with Crippen molar-refractivity contribution in [1.29, 1.82) is 0 Å². The number of nitrogens with zero attached hydrogens (tertiary/aromatic N) is 3. The van der Waals surface area contributed by atoms with Gasteiger partial charge in [0, 0.05) is 57.8 Å². The number of carbonyl (C=O) groups is 1. The molecule has 8 nitrogen and oxygen atoms in total. The second-order valence-corrected chi connectivity index (χ2v) is 6.01. The van der Waals surface area contributed by atoms with E-state index >= 15 is 0 Å². The molecule has 9 heteroatoms. The fraction of sp³-hybridized carbons (Fsp3) is 0.350. The summed E-state index contributed by atoms with van der Waals surface area (Å²) in [6.45, 7) is 1.62. The largest absolute Gasteiger partial charge is 0.497 e. The predicted molar refractivity (Wildman–Crippen MR) is 124 cm³/mol. The number of amides is 1. The van der Waals surface area contributed by atoms with E-state index in [1.807, 2.05) is 30.1 Å². The van der Waals surface area contributed by atoms with Crippen molar-refractivity contribution in [2.45, 2.75) is 6.54 Å². The van der Waals surface area contributed by atoms with Crippen molar-refractivity contribution in [3.05, 3.63) is 53.9 Å². The molecule has 0 aliphatic heterocycles. The van der Waals surface area contributed by atoms with Crippen molar-refractivity contribution in [3.8, 4) is 11.5 Å². The quantitative estimate of drug-likeness (QED) is 0.244. The first-order valence-corrected chi connectivity index (χ1v) is 8.90. The summed E-state index contributed by atoms with van der Waals surface area (Å²) in [4.78, 5) is 22.2. The molecule has 29 heavy (non-hydrogen) atoms. The number of ether oxygens (including phenoxy) is 2. The van der Waals surface area contributed by atoms with Crippen molar-refractivity contribution in [2.75, 3.05) is 41.4 Å². The Morgan fingerprint density at radius 1 is 1.17 bits per heavy atom. The Bertz CT molecular complexity index is 802. The molecule has 2 N–H and O–H groups in total. The van der Waals surface area contributed by atoms with Crippen molar-refractivity contribution in [2.24, 2.45) is 4.99 Å². The molecule has 0 bridgehead atoms. The normalized spacial score (nSPS) is 10.6. The standard InChI is InChI=1S/C20H27N5O3.HI/c1-21-20(24-11-10-23-19(26)15-6-5-9-22-13-15)25(2)14-16-7-8-17(27-3)12-18(16)28-4;/h5-9,12-13H,10-11,14H2,1-4H3,(H,21,24)(H,23,26);1H. The van der Waals surface area contributed by atoms with Crippen LogP contribution < -0.4 is 20.1 Å². The number of guanidine groups is 1. The van der Waals surface area contributed by atoms with E-state index in [-0.39, 0.29) is 29.9 Å². The van der Waals surface area contributed by atoms with Crippen molar-refractivity contribution in [1.82, 2.24) is 20.5 Å². The highest BCUT2D eigenvalue weighted by Gasteiger charge is 2.11. The number of aliphatic imine (C=N–C) groups is 1. The summed E-state index contributed by atoms with van der Waals surface area (Å²) in [5, 5.41) is 6.09. The first-order chi connectivity index (χ1) is 13.6. The second-order valence-electron chi connectivity index (χ2n) is 6.01. The minimum absolute atomic E-state index is 0. The highest BCUT2D eigenvalue weighted by atomic mass is 127. The molecule has 0 radical (unpaired) electrons. The van der Waals surface area contributed by atoms with Gasteiger partial charge in [0.05, 0.1) is 19.8 Å². The molecule has 0 fully saturated rings. The van der Waals surface area contributed by atoms with Gasteiger partial charge in [-0.15, -0.1) is 24.0 Å². The maximum Gasteiger partial charge on any atom is 0.252 e.